The molecular formula is C18H13ClF3N3O2. The fourth-order valence-electron chi connectivity index (χ4n) is 2.35. The van der Waals surface area contributed by atoms with Crippen molar-refractivity contribution >= 4 is 23.2 Å². The van der Waals surface area contributed by atoms with Crippen LogP contribution in [-0.2, 0) is 6.18 Å². The van der Waals surface area contributed by atoms with E-state index in [1.807, 2.05) is 0 Å². The van der Waals surface area contributed by atoms with E-state index in [4.69, 9.17) is 16.3 Å². The van der Waals surface area contributed by atoms with Crippen molar-refractivity contribution in [3.63, 3.8) is 0 Å². The van der Waals surface area contributed by atoms with Crippen LogP contribution in [0.3, 0.4) is 0 Å². The molecule has 0 radical (unpaired) electrons. The highest BCUT2D eigenvalue weighted by Gasteiger charge is 2.31. The number of hydrogen-bond donors (Lipinski definition) is 2. The van der Waals surface area contributed by atoms with Gasteiger partial charge < -0.3 is 10.1 Å². The summed E-state index contributed by atoms with van der Waals surface area (Å²) in [7, 11) is 1.53. The predicted molar refractivity (Wildman–Crippen MR) is 96.6 cm³/mol. The second-order valence-electron chi connectivity index (χ2n) is 5.53. The van der Waals surface area contributed by atoms with Gasteiger partial charge in [-0.15, -0.1) is 0 Å². The van der Waals surface area contributed by atoms with Gasteiger partial charge in [0.25, 0.3) is 5.56 Å². The normalized spacial score (nSPS) is 11.3. The lowest BCUT2D eigenvalue weighted by Gasteiger charge is -2.12. The molecule has 0 spiro atoms. The Morgan fingerprint density at radius 3 is 2.44 bits per heavy atom. The van der Waals surface area contributed by atoms with Crippen LogP contribution < -0.4 is 15.6 Å². The van der Waals surface area contributed by atoms with Gasteiger partial charge in [-0.3, -0.25) is 9.78 Å². The number of rotatable bonds is 4. The third-order valence-electron chi connectivity index (χ3n) is 3.67. The summed E-state index contributed by atoms with van der Waals surface area (Å²) in [6.07, 6.45) is -4.52. The van der Waals surface area contributed by atoms with Gasteiger partial charge in [0.1, 0.15) is 5.75 Å². The van der Waals surface area contributed by atoms with Gasteiger partial charge >= 0.3 is 6.18 Å². The van der Waals surface area contributed by atoms with Crippen LogP contribution in [-0.4, -0.2) is 17.1 Å². The van der Waals surface area contributed by atoms with Gasteiger partial charge in [-0.25, -0.2) is 4.98 Å². The zero-order chi connectivity index (χ0) is 19.6. The smallest absolute Gasteiger partial charge is 0.416 e. The van der Waals surface area contributed by atoms with E-state index < -0.39 is 17.3 Å². The SMILES string of the molecule is COc1ccc(-c2cc(=O)[nH]c(Nc3cc(C(F)(F)F)ccc3Cl)n2)cc1. The second-order valence-corrected chi connectivity index (χ2v) is 5.93. The number of anilines is 2. The van der Waals surface area contributed by atoms with Crippen LogP contribution >= 0.6 is 11.6 Å². The maximum absolute atomic E-state index is 12.9. The van der Waals surface area contributed by atoms with Gasteiger partial charge in [-0.1, -0.05) is 11.6 Å². The van der Waals surface area contributed by atoms with Gasteiger partial charge in [0, 0.05) is 11.6 Å². The lowest BCUT2D eigenvalue weighted by atomic mass is 10.1. The van der Waals surface area contributed by atoms with Crippen molar-refractivity contribution in [2.75, 3.05) is 12.4 Å². The Labute approximate surface area is 156 Å². The van der Waals surface area contributed by atoms with Gasteiger partial charge in [0.15, 0.2) is 0 Å². The number of halogens is 4. The van der Waals surface area contributed by atoms with E-state index in [0.29, 0.717) is 17.0 Å². The number of alkyl halides is 3. The lowest BCUT2D eigenvalue weighted by Crippen LogP contribution is -2.11. The van der Waals surface area contributed by atoms with Crippen molar-refractivity contribution in [1.29, 1.82) is 0 Å². The van der Waals surface area contributed by atoms with E-state index in [1.165, 1.54) is 13.2 Å². The number of nitrogens with zero attached hydrogens (tertiary/aromatic N) is 1. The molecule has 5 nitrogen and oxygen atoms in total. The monoisotopic (exact) mass is 395 g/mol. The minimum Gasteiger partial charge on any atom is -0.497 e. The number of benzene rings is 2. The number of ether oxygens (including phenoxy) is 1. The van der Waals surface area contributed by atoms with Crippen molar-refractivity contribution in [3.8, 4) is 17.0 Å². The van der Waals surface area contributed by atoms with Gasteiger partial charge in [-0.05, 0) is 42.5 Å². The van der Waals surface area contributed by atoms with Crippen molar-refractivity contribution in [2.45, 2.75) is 6.18 Å². The summed E-state index contributed by atoms with van der Waals surface area (Å²) in [5.74, 6) is 0.604. The average Bonchev–Trinajstić information content (AvgIpc) is 2.62. The van der Waals surface area contributed by atoms with Crippen LogP contribution in [0.25, 0.3) is 11.3 Å². The van der Waals surface area contributed by atoms with E-state index in [9.17, 15) is 18.0 Å². The summed E-state index contributed by atoms with van der Waals surface area (Å²) >= 11 is 5.96. The maximum Gasteiger partial charge on any atom is 0.416 e. The van der Waals surface area contributed by atoms with Crippen LogP contribution in [0.1, 0.15) is 5.56 Å². The highest BCUT2D eigenvalue weighted by molar-refractivity contribution is 6.33. The van der Waals surface area contributed by atoms with E-state index in [1.54, 1.807) is 24.3 Å². The molecule has 1 heterocycles. The third-order valence-corrected chi connectivity index (χ3v) is 4.00. The van der Waals surface area contributed by atoms with Crippen LogP contribution in [0.5, 0.6) is 5.75 Å². The van der Waals surface area contributed by atoms with E-state index in [2.05, 4.69) is 15.3 Å². The molecule has 1 aromatic heterocycles. The first kappa shape index (κ1) is 18.8. The van der Waals surface area contributed by atoms with Crippen molar-refractivity contribution in [1.82, 2.24) is 9.97 Å². The highest BCUT2D eigenvalue weighted by atomic mass is 35.5. The Kier molecular flexibility index (Phi) is 5.09. The topological polar surface area (TPSA) is 67.0 Å². The standard InChI is InChI=1S/C18H13ClF3N3O2/c1-27-12-5-2-10(3-6-12)14-9-16(26)25-17(23-14)24-15-8-11(18(20,21)22)4-7-13(15)19/h2-9H,1H3,(H2,23,24,25,26). The van der Waals surface area contributed by atoms with E-state index in [-0.39, 0.29) is 16.7 Å². The summed E-state index contributed by atoms with van der Waals surface area (Å²) in [6.45, 7) is 0. The van der Waals surface area contributed by atoms with Crippen LogP contribution in [0.2, 0.25) is 5.02 Å². The Balaban J connectivity index is 1.96. The summed E-state index contributed by atoms with van der Waals surface area (Å²) in [5.41, 5.74) is -0.391. The number of aromatic nitrogens is 2. The molecule has 0 atom stereocenters. The molecule has 0 amide bonds. The van der Waals surface area contributed by atoms with E-state index in [0.717, 1.165) is 18.2 Å². The average molecular weight is 396 g/mol. The molecular weight excluding hydrogens is 383 g/mol. The molecule has 3 rings (SSSR count). The summed E-state index contributed by atoms with van der Waals surface area (Å²) in [4.78, 5) is 18.6. The van der Waals surface area contributed by atoms with Crippen molar-refractivity contribution in [2.24, 2.45) is 0 Å². The molecule has 0 aliphatic rings. The highest BCUT2D eigenvalue weighted by Crippen LogP contribution is 2.34. The third kappa shape index (κ3) is 4.40. The van der Waals surface area contributed by atoms with Gasteiger partial charge in [-0.2, -0.15) is 13.2 Å². The molecule has 2 N–H and O–H groups in total. The molecule has 0 saturated heterocycles. The molecule has 0 aliphatic heterocycles. The largest absolute Gasteiger partial charge is 0.497 e. The van der Waals surface area contributed by atoms with Crippen LogP contribution in [0, 0.1) is 0 Å². The molecule has 0 unspecified atom stereocenters. The summed E-state index contributed by atoms with van der Waals surface area (Å²) in [6, 6.07) is 11.0. The van der Waals surface area contributed by atoms with E-state index >= 15 is 0 Å². The number of nitrogens with one attached hydrogen (secondary N) is 2. The quantitative estimate of drug-likeness (QED) is 0.662. The molecule has 3 aromatic rings. The molecule has 140 valence electrons. The summed E-state index contributed by atoms with van der Waals surface area (Å²) < 4.78 is 43.8. The first-order valence-electron chi connectivity index (χ1n) is 7.66. The second kappa shape index (κ2) is 7.32. The molecule has 0 bridgehead atoms. The number of aromatic amines is 1. The fraction of sp³-hybridized carbons (Fsp3) is 0.111. The fourth-order valence-corrected chi connectivity index (χ4v) is 2.52. The first-order chi connectivity index (χ1) is 12.8. The molecule has 0 saturated carbocycles. The minimum atomic E-state index is -4.52. The van der Waals surface area contributed by atoms with Crippen LogP contribution in [0.15, 0.2) is 53.3 Å². The minimum absolute atomic E-state index is 0.0264. The number of hydrogen-bond acceptors (Lipinski definition) is 4. The molecule has 2 aromatic carbocycles. The summed E-state index contributed by atoms with van der Waals surface area (Å²) in [5, 5.41) is 2.69. The first-order valence-corrected chi connectivity index (χ1v) is 8.03. The zero-order valence-corrected chi connectivity index (χ0v) is 14.7. The molecule has 0 aliphatic carbocycles. The Hall–Kier alpha value is -3.00. The van der Waals surface area contributed by atoms with Gasteiger partial charge in [0.2, 0.25) is 5.95 Å². The number of H-pyrrole nitrogens is 1. The molecule has 0 fully saturated rings. The zero-order valence-electron chi connectivity index (χ0n) is 13.9. The Morgan fingerprint density at radius 1 is 1.11 bits per heavy atom. The number of methoxy groups -OCH3 is 1. The lowest BCUT2D eigenvalue weighted by molar-refractivity contribution is -0.137. The van der Waals surface area contributed by atoms with Crippen molar-refractivity contribution in [3.05, 3.63) is 69.5 Å². The van der Waals surface area contributed by atoms with Gasteiger partial charge in [0.05, 0.1) is 29.1 Å². The predicted octanol–water partition coefficient (Wildman–Crippen LogP) is 4.86. The molecule has 27 heavy (non-hydrogen) atoms. The van der Waals surface area contributed by atoms with Crippen molar-refractivity contribution < 1.29 is 17.9 Å². The Bertz CT molecular complexity index is 1020. The molecule has 9 heteroatoms. The maximum atomic E-state index is 12.9. The Morgan fingerprint density at radius 2 is 1.81 bits per heavy atom. The van der Waals surface area contributed by atoms with Crippen LogP contribution in [0.4, 0.5) is 24.8 Å².